The molecule has 1 amide bonds. The molecule has 0 aliphatic heterocycles. The van der Waals surface area contributed by atoms with E-state index in [-0.39, 0.29) is 12.5 Å². The van der Waals surface area contributed by atoms with Crippen molar-refractivity contribution < 1.29 is 9.90 Å². The van der Waals surface area contributed by atoms with Gasteiger partial charge in [0.05, 0.1) is 6.61 Å². The second-order valence-corrected chi connectivity index (χ2v) is 4.74. The van der Waals surface area contributed by atoms with Gasteiger partial charge in [-0.1, -0.05) is 31.2 Å². The van der Waals surface area contributed by atoms with Gasteiger partial charge in [-0.25, -0.2) is 0 Å². The molecular formula is C16H20N2O2. The van der Waals surface area contributed by atoms with Crippen molar-refractivity contribution in [2.75, 3.05) is 0 Å². The fourth-order valence-corrected chi connectivity index (χ4v) is 2.09. The first-order chi connectivity index (χ1) is 9.74. The Hall–Kier alpha value is -2.07. The van der Waals surface area contributed by atoms with E-state index >= 15 is 0 Å². The lowest BCUT2D eigenvalue weighted by molar-refractivity contribution is 0.0941. The molecule has 0 saturated heterocycles. The number of nitrogens with one attached hydrogen (secondary N) is 1. The number of benzene rings is 1. The molecule has 0 unspecified atom stereocenters. The second-order valence-electron chi connectivity index (χ2n) is 4.74. The van der Waals surface area contributed by atoms with Crippen LogP contribution in [0.3, 0.4) is 0 Å². The van der Waals surface area contributed by atoms with E-state index in [4.69, 9.17) is 5.11 Å². The molecule has 0 saturated carbocycles. The number of aromatic nitrogens is 1. The third-order valence-electron chi connectivity index (χ3n) is 3.19. The van der Waals surface area contributed by atoms with Gasteiger partial charge in [-0.15, -0.1) is 0 Å². The van der Waals surface area contributed by atoms with E-state index in [0.717, 1.165) is 24.1 Å². The fourth-order valence-electron chi connectivity index (χ4n) is 2.09. The fraction of sp³-hybridized carbons (Fsp3) is 0.312. The van der Waals surface area contributed by atoms with Crippen LogP contribution in [0.5, 0.6) is 0 Å². The maximum absolute atomic E-state index is 12.1. The third-order valence-corrected chi connectivity index (χ3v) is 3.19. The maximum atomic E-state index is 12.1. The lowest BCUT2D eigenvalue weighted by Crippen LogP contribution is -2.25. The van der Waals surface area contributed by atoms with Gasteiger partial charge < -0.3 is 15.0 Å². The van der Waals surface area contributed by atoms with Crippen LogP contribution in [0.1, 0.15) is 35.0 Å². The highest BCUT2D eigenvalue weighted by Crippen LogP contribution is 2.06. The average molecular weight is 272 g/mol. The molecule has 2 aromatic rings. The van der Waals surface area contributed by atoms with Crippen LogP contribution in [0.25, 0.3) is 0 Å². The first kappa shape index (κ1) is 14.3. The van der Waals surface area contributed by atoms with Gasteiger partial charge in [-0.2, -0.15) is 0 Å². The zero-order valence-electron chi connectivity index (χ0n) is 11.7. The Morgan fingerprint density at radius 2 is 1.90 bits per heavy atom. The van der Waals surface area contributed by atoms with Crippen LogP contribution in [0.2, 0.25) is 0 Å². The molecule has 1 aromatic heterocycles. The zero-order chi connectivity index (χ0) is 14.4. The van der Waals surface area contributed by atoms with Gasteiger partial charge in [0, 0.05) is 19.3 Å². The van der Waals surface area contributed by atoms with Crippen molar-refractivity contribution in [2.45, 2.75) is 33.0 Å². The lowest BCUT2D eigenvalue weighted by atomic mass is 10.1. The molecule has 2 N–H and O–H groups in total. The molecule has 1 heterocycles. The Kier molecular flexibility index (Phi) is 4.96. The molecule has 4 nitrogen and oxygen atoms in total. The summed E-state index contributed by atoms with van der Waals surface area (Å²) < 4.78 is 1.96. The van der Waals surface area contributed by atoms with Gasteiger partial charge in [0.1, 0.15) is 5.69 Å². The quantitative estimate of drug-likeness (QED) is 0.848. The van der Waals surface area contributed by atoms with Gasteiger partial charge in [-0.3, -0.25) is 4.79 Å². The summed E-state index contributed by atoms with van der Waals surface area (Å²) in [5, 5.41) is 11.9. The number of carbonyl (C=O) groups is 1. The average Bonchev–Trinajstić information content (AvgIpc) is 2.94. The van der Waals surface area contributed by atoms with Gasteiger partial charge >= 0.3 is 0 Å². The van der Waals surface area contributed by atoms with Crippen LogP contribution in [0.15, 0.2) is 42.6 Å². The number of rotatable bonds is 6. The van der Waals surface area contributed by atoms with Crippen LogP contribution in [-0.4, -0.2) is 15.6 Å². The summed E-state index contributed by atoms with van der Waals surface area (Å²) in [7, 11) is 0. The maximum Gasteiger partial charge on any atom is 0.268 e. The highest BCUT2D eigenvalue weighted by atomic mass is 16.3. The molecular weight excluding hydrogens is 252 g/mol. The van der Waals surface area contributed by atoms with Crippen molar-refractivity contribution in [1.29, 1.82) is 0 Å². The number of aliphatic hydroxyl groups is 1. The largest absolute Gasteiger partial charge is 0.392 e. The van der Waals surface area contributed by atoms with Crippen molar-refractivity contribution in [3.8, 4) is 0 Å². The van der Waals surface area contributed by atoms with Crippen molar-refractivity contribution >= 4 is 5.91 Å². The first-order valence-electron chi connectivity index (χ1n) is 6.86. The highest BCUT2D eigenvalue weighted by Gasteiger charge is 2.09. The molecule has 0 spiro atoms. The number of carbonyl (C=O) groups excluding carboxylic acids is 1. The second kappa shape index (κ2) is 6.91. The predicted octanol–water partition coefficient (Wildman–Crippen LogP) is 2.32. The van der Waals surface area contributed by atoms with E-state index in [0.29, 0.717) is 12.2 Å². The molecule has 0 bridgehead atoms. The standard InChI is InChI=1S/C16H20N2O2/c1-2-9-18-10-3-4-15(18)16(20)17-11-13-5-7-14(12-19)8-6-13/h3-8,10,19H,2,9,11-12H2,1H3,(H,17,20). The molecule has 0 atom stereocenters. The van der Waals surface area contributed by atoms with Crippen LogP contribution in [-0.2, 0) is 19.7 Å². The molecule has 106 valence electrons. The molecule has 0 aliphatic rings. The summed E-state index contributed by atoms with van der Waals surface area (Å²) in [5.41, 5.74) is 2.58. The van der Waals surface area contributed by atoms with Gasteiger partial charge in [0.15, 0.2) is 0 Å². The number of hydrogen-bond acceptors (Lipinski definition) is 2. The van der Waals surface area contributed by atoms with E-state index in [1.54, 1.807) is 0 Å². The Morgan fingerprint density at radius 3 is 2.55 bits per heavy atom. The molecule has 20 heavy (non-hydrogen) atoms. The van der Waals surface area contributed by atoms with Crippen LogP contribution >= 0.6 is 0 Å². The minimum atomic E-state index is -0.0605. The summed E-state index contributed by atoms with van der Waals surface area (Å²) in [5.74, 6) is -0.0605. The molecule has 0 fully saturated rings. The topological polar surface area (TPSA) is 54.3 Å². The van der Waals surface area contributed by atoms with Crippen molar-refractivity contribution in [1.82, 2.24) is 9.88 Å². The van der Waals surface area contributed by atoms with E-state index in [2.05, 4.69) is 12.2 Å². The normalized spacial score (nSPS) is 10.5. The van der Waals surface area contributed by atoms with Gasteiger partial charge in [-0.05, 0) is 29.7 Å². The first-order valence-corrected chi connectivity index (χ1v) is 6.86. The minimum absolute atomic E-state index is 0.0389. The van der Waals surface area contributed by atoms with E-state index in [1.807, 2.05) is 47.2 Å². The summed E-state index contributed by atoms with van der Waals surface area (Å²) in [4.78, 5) is 12.1. The predicted molar refractivity (Wildman–Crippen MR) is 78.3 cm³/mol. The molecule has 1 aromatic carbocycles. The Balaban J connectivity index is 1.95. The Labute approximate surface area is 119 Å². The molecule has 4 heteroatoms. The highest BCUT2D eigenvalue weighted by molar-refractivity contribution is 5.92. The summed E-state index contributed by atoms with van der Waals surface area (Å²) in [6.45, 7) is 3.46. The van der Waals surface area contributed by atoms with E-state index in [9.17, 15) is 4.79 Å². The Bertz CT molecular complexity index is 558. The van der Waals surface area contributed by atoms with Gasteiger partial charge in [0.2, 0.25) is 0 Å². The summed E-state index contributed by atoms with van der Waals surface area (Å²) in [6.07, 6.45) is 2.92. The van der Waals surface area contributed by atoms with Gasteiger partial charge in [0.25, 0.3) is 5.91 Å². The van der Waals surface area contributed by atoms with Crippen LogP contribution in [0, 0.1) is 0 Å². The van der Waals surface area contributed by atoms with Crippen molar-refractivity contribution in [2.24, 2.45) is 0 Å². The van der Waals surface area contributed by atoms with E-state index < -0.39 is 0 Å². The van der Waals surface area contributed by atoms with Crippen molar-refractivity contribution in [3.63, 3.8) is 0 Å². The number of aryl methyl sites for hydroxylation is 1. The van der Waals surface area contributed by atoms with Crippen molar-refractivity contribution in [3.05, 3.63) is 59.4 Å². The van der Waals surface area contributed by atoms with Crippen LogP contribution in [0.4, 0.5) is 0 Å². The van der Waals surface area contributed by atoms with Crippen LogP contribution < -0.4 is 5.32 Å². The Morgan fingerprint density at radius 1 is 1.20 bits per heavy atom. The minimum Gasteiger partial charge on any atom is -0.392 e. The number of amides is 1. The summed E-state index contributed by atoms with van der Waals surface area (Å²) in [6, 6.07) is 11.3. The number of hydrogen-bond donors (Lipinski definition) is 2. The zero-order valence-corrected chi connectivity index (χ0v) is 11.7. The molecule has 0 radical (unpaired) electrons. The third kappa shape index (κ3) is 3.48. The smallest absolute Gasteiger partial charge is 0.268 e. The monoisotopic (exact) mass is 272 g/mol. The lowest BCUT2D eigenvalue weighted by Gasteiger charge is -2.09. The molecule has 2 rings (SSSR count). The number of aliphatic hydroxyl groups excluding tert-OH is 1. The molecule has 0 aliphatic carbocycles. The number of nitrogens with zero attached hydrogens (tertiary/aromatic N) is 1. The summed E-state index contributed by atoms with van der Waals surface area (Å²) >= 11 is 0. The SMILES string of the molecule is CCCn1cccc1C(=O)NCc1ccc(CO)cc1. The van der Waals surface area contributed by atoms with E-state index in [1.165, 1.54) is 0 Å².